The molecule has 1 amide bonds. The summed E-state index contributed by atoms with van der Waals surface area (Å²) in [6, 6.07) is 12.4. The van der Waals surface area contributed by atoms with Gasteiger partial charge in [0.1, 0.15) is 11.6 Å². The molecule has 2 aromatic carbocycles. The second-order valence-electron chi connectivity index (χ2n) is 5.44. The quantitative estimate of drug-likeness (QED) is 0.766. The first kappa shape index (κ1) is 15.8. The highest BCUT2D eigenvalue weighted by Gasteiger charge is 2.10. The summed E-state index contributed by atoms with van der Waals surface area (Å²) in [6.07, 6.45) is 3.06. The number of hydrogen-bond donors (Lipinski definition) is 1. The molecule has 0 unspecified atom stereocenters. The Balaban J connectivity index is 1.85. The number of pyridine rings is 1. The molecule has 1 heterocycles. The number of aryl methyl sites for hydroxylation is 1. The van der Waals surface area contributed by atoms with Crippen molar-refractivity contribution in [3.63, 3.8) is 0 Å². The number of anilines is 1. The summed E-state index contributed by atoms with van der Waals surface area (Å²) in [7, 11) is 0. The van der Waals surface area contributed by atoms with E-state index in [4.69, 9.17) is 0 Å². The second-order valence-corrected chi connectivity index (χ2v) is 5.44. The second kappa shape index (κ2) is 6.58. The maximum Gasteiger partial charge on any atom is 0.257 e. The average Bonchev–Trinajstić information content (AvgIpc) is 2.54. The molecule has 3 rings (SSSR count). The number of aromatic nitrogens is 1. The van der Waals surface area contributed by atoms with Crippen LogP contribution in [0.15, 0.2) is 60.9 Å². The lowest BCUT2D eigenvalue weighted by molar-refractivity contribution is 0.102. The van der Waals surface area contributed by atoms with Crippen molar-refractivity contribution in [1.82, 2.24) is 4.98 Å². The van der Waals surface area contributed by atoms with Crippen molar-refractivity contribution in [2.24, 2.45) is 0 Å². The van der Waals surface area contributed by atoms with E-state index < -0.39 is 17.5 Å². The van der Waals surface area contributed by atoms with Crippen LogP contribution >= 0.6 is 0 Å². The Morgan fingerprint density at radius 2 is 1.58 bits per heavy atom. The molecule has 24 heavy (non-hydrogen) atoms. The molecule has 0 aliphatic rings. The van der Waals surface area contributed by atoms with Gasteiger partial charge in [-0.15, -0.1) is 0 Å². The van der Waals surface area contributed by atoms with Crippen molar-refractivity contribution in [2.75, 3.05) is 5.32 Å². The van der Waals surface area contributed by atoms with Gasteiger partial charge < -0.3 is 5.32 Å². The third-order valence-electron chi connectivity index (χ3n) is 3.51. The third-order valence-corrected chi connectivity index (χ3v) is 3.51. The Morgan fingerprint density at radius 1 is 0.917 bits per heavy atom. The van der Waals surface area contributed by atoms with Gasteiger partial charge in [0.25, 0.3) is 5.91 Å². The molecule has 5 heteroatoms. The number of hydrogen-bond acceptors (Lipinski definition) is 2. The molecule has 3 nitrogen and oxygen atoms in total. The summed E-state index contributed by atoms with van der Waals surface area (Å²) in [5.41, 5.74) is 3.21. The van der Waals surface area contributed by atoms with Gasteiger partial charge in [-0.1, -0.05) is 29.8 Å². The lowest BCUT2D eigenvalue weighted by Crippen LogP contribution is -2.12. The number of carbonyl (C=O) groups excluding carboxylic acids is 1. The Kier molecular flexibility index (Phi) is 4.33. The normalized spacial score (nSPS) is 10.5. The summed E-state index contributed by atoms with van der Waals surface area (Å²) >= 11 is 0. The monoisotopic (exact) mass is 324 g/mol. The molecule has 0 atom stereocenters. The highest BCUT2D eigenvalue weighted by Crippen LogP contribution is 2.21. The summed E-state index contributed by atoms with van der Waals surface area (Å²) in [5.74, 6) is -1.99. The van der Waals surface area contributed by atoms with Gasteiger partial charge in [0.2, 0.25) is 0 Å². The predicted octanol–water partition coefficient (Wildman–Crippen LogP) is 4.59. The minimum absolute atomic E-state index is 0.0539. The van der Waals surface area contributed by atoms with Crippen molar-refractivity contribution in [3.8, 4) is 11.1 Å². The van der Waals surface area contributed by atoms with E-state index in [9.17, 15) is 13.6 Å². The zero-order valence-corrected chi connectivity index (χ0v) is 12.9. The maximum absolute atomic E-state index is 13.2. The fourth-order valence-electron chi connectivity index (χ4n) is 2.30. The third kappa shape index (κ3) is 3.63. The lowest BCUT2D eigenvalue weighted by atomic mass is 10.0. The number of halogens is 2. The van der Waals surface area contributed by atoms with Crippen molar-refractivity contribution in [1.29, 1.82) is 0 Å². The van der Waals surface area contributed by atoms with Crippen molar-refractivity contribution < 1.29 is 13.6 Å². The minimum Gasteiger partial charge on any atom is -0.322 e. The van der Waals surface area contributed by atoms with Crippen LogP contribution in [0.5, 0.6) is 0 Å². The molecule has 120 valence electrons. The van der Waals surface area contributed by atoms with E-state index >= 15 is 0 Å². The smallest absolute Gasteiger partial charge is 0.257 e. The number of nitrogens with zero attached hydrogens (tertiary/aromatic N) is 1. The first-order valence-corrected chi connectivity index (χ1v) is 7.31. The summed E-state index contributed by atoms with van der Waals surface area (Å²) in [4.78, 5) is 16.4. The average molecular weight is 324 g/mol. The van der Waals surface area contributed by atoms with Gasteiger partial charge >= 0.3 is 0 Å². The number of amides is 1. The molecule has 0 radical (unpaired) electrons. The Morgan fingerprint density at radius 3 is 2.25 bits per heavy atom. The van der Waals surface area contributed by atoms with Crippen LogP contribution in [0, 0.1) is 18.6 Å². The maximum atomic E-state index is 13.2. The Hall–Kier alpha value is -3.08. The molecule has 0 saturated carbocycles. The molecule has 0 aliphatic heterocycles. The van der Waals surface area contributed by atoms with Crippen LogP contribution in [-0.4, -0.2) is 10.9 Å². The zero-order valence-electron chi connectivity index (χ0n) is 12.9. The summed E-state index contributed by atoms with van der Waals surface area (Å²) in [6.45, 7) is 1.99. The van der Waals surface area contributed by atoms with Gasteiger partial charge in [0.05, 0.1) is 5.56 Å². The van der Waals surface area contributed by atoms with E-state index in [-0.39, 0.29) is 5.69 Å². The molecule has 0 aliphatic carbocycles. The molecule has 3 aromatic rings. The van der Waals surface area contributed by atoms with E-state index in [1.807, 2.05) is 31.2 Å². The number of nitrogens with one attached hydrogen (secondary N) is 1. The van der Waals surface area contributed by atoms with Gasteiger partial charge in [0.15, 0.2) is 0 Å². The van der Waals surface area contributed by atoms with E-state index in [2.05, 4.69) is 10.3 Å². The van der Waals surface area contributed by atoms with E-state index in [0.717, 1.165) is 34.9 Å². The van der Waals surface area contributed by atoms with Crippen molar-refractivity contribution >= 4 is 11.6 Å². The van der Waals surface area contributed by atoms with Crippen LogP contribution in [0.4, 0.5) is 14.5 Å². The molecular weight excluding hydrogens is 310 g/mol. The van der Waals surface area contributed by atoms with Crippen molar-refractivity contribution in [3.05, 3.63) is 83.7 Å². The summed E-state index contributed by atoms with van der Waals surface area (Å²) in [5, 5.41) is 2.47. The molecule has 0 saturated heterocycles. The van der Waals surface area contributed by atoms with Crippen LogP contribution in [0.3, 0.4) is 0 Å². The Labute approximate surface area is 138 Å². The summed E-state index contributed by atoms with van der Waals surface area (Å²) < 4.78 is 26.4. The SMILES string of the molecule is Cc1ccc(-c2cncc(C(=O)Nc3cc(F)cc(F)c3)c2)cc1. The first-order valence-electron chi connectivity index (χ1n) is 7.31. The molecule has 0 bridgehead atoms. The standard InChI is InChI=1S/C19H14F2N2O/c1-12-2-4-13(5-3-12)14-6-15(11-22-10-14)19(24)23-18-8-16(20)7-17(21)9-18/h2-11H,1H3,(H,23,24). The van der Waals surface area contributed by atoms with E-state index in [1.165, 1.54) is 6.20 Å². The minimum atomic E-state index is -0.753. The topological polar surface area (TPSA) is 42.0 Å². The van der Waals surface area contributed by atoms with Gasteiger partial charge in [-0.05, 0) is 30.7 Å². The van der Waals surface area contributed by atoms with E-state index in [0.29, 0.717) is 5.56 Å². The largest absolute Gasteiger partial charge is 0.322 e. The number of benzene rings is 2. The van der Waals surface area contributed by atoms with Crippen LogP contribution in [0.25, 0.3) is 11.1 Å². The number of rotatable bonds is 3. The Bertz CT molecular complexity index is 872. The fraction of sp³-hybridized carbons (Fsp3) is 0.0526. The first-order chi connectivity index (χ1) is 11.5. The van der Waals surface area contributed by atoms with Crippen LogP contribution in [0.1, 0.15) is 15.9 Å². The molecule has 0 spiro atoms. The van der Waals surface area contributed by atoms with Crippen LogP contribution in [0.2, 0.25) is 0 Å². The van der Waals surface area contributed by atoms with Crippen LogP contribution in [-0.2, 0) is 0 Å². The van der Waals surface area contributed by atoms with E-state index in [1.54, 1.807) is 12.3 Å². The molecule has 0 fully saturated rings. The van der Waals surface area contributed by atoms with Crippen LogP contribution < -0.4 is 5.32 Å². The highest BCUT2D eigenvalue weighted by molar-refractivity contribution is 6.04. The van der Waals surface area contributed by atoms with Gasteiger partial charge in [-0.2, -0.15) is 0 Å². The lowest BCUT2D eigenvalue weighted by Gasteiger charge is -2.07. The zero-order chi connectivity index (χ0) is 17.1. The number of carbonyl (C=O) groups is 1. The van der Waals surface area contributed by atoms with Gasteiger partial charge in [-0.3, -0.25) is 9.78 Å². The molecular formula is C19H14F2N2O. The highest BCUT2D eigenvalue weighted by atomic mass is 19.1. The van der Waals surface area contributed by atoms with Crippen molar-refractivity contribution in [2.45, 2.75) is 6.92 Å². The van der Waals surface area contributed by atoms with Gasteiger partial charge in [-0.25, -0.2) is 8.78 Å². The molecule has 1 aromatic heterocycles. The van der Waals surface area contributed by atoms with Gasteiger partial charge in [0, 0.05) is 29.7 Å². The molecule has 1 N–H and O–H groups in total. The predicted molar refractivity (Wildman–Crippen MR) is 88.7 cm³/mol. The fourth-order valence-corrected chi connectivity index (χ4v) is 2.30.